The number of piperazine rings is 1. The first-order chi connectivity index (χ1) is 8.80. The molecule has 0 aromatic rings. The van der Waals surface area contributed by atoms with Crippen LogP contribution >= 0.6 is 0 Å². The molecule has 4 nitrogen and oxygen atoms in total. The summed E-state index contributed by atoms with van der Waals surface area (Å²) in [4.78, 5) is 26.4. The molecule has 0 spiro atoms. The molecule has 0 bridgehead atoms. The Kier molecular flexibility index (Phi) is 5.39. The van der Waals surface area contributed by atoms with E-state index in [1.54, 1.807) is 0 Å². The molecule has 0 aromatic heterocycles. The van der Waals surface area contributed by atoms with E-state index in [0.717, 1.165) is 19.3 Å². The summed E-state index contributed by atoms with van der Waals surface area (Å²) in [5.41, 5.74) is 0.173. The van der Waals surface area contributed by atoms with E-state index in [0.29, 0.717) is 13.0 Å². The number of hydrogen-bond acceptors (Lipinski definition) is 2. The molecule has 110 valence electrons. The summed E-state index contributed by atoms with van der Waals surface area (Å²) in [7, 11) is 0. The second kappa shape index (κ2) is 6.40. The van der Waals surface area contributed by atoms with E-state index >= 15 is 0 Å². The number of carbonyl (C=O) groups is 2. The minimum atomic E-state index is -0.333. The van der Waals surface area contributed by atoms with Crippen LogP contribution in [0, 0.1) is 5.41 Å². The molecule has 2 amide bonds. The highest BCUT2D eigenvalue weighted by atomic mass is 16.2. The molecule has 0 aliphatic carbocycles. The van der Waals surface area contributed by atoms with Crippen LogP contribution in [0.4, 0.5) is 0 Å². The van der Waals surface area contributed by atoms with Crippen LogP contribution in [0.5, 0.6) is 0 Å². The molecule has 19 heavy (non-hydrogen) atoms. The van der Waals surface area contributed by atoms with Crippen LogP contribution in [0.3, 0.4) is 0 Å². The zero-order valence-electron chi connectivity index (χ0n) is 13.0. The van der Waals surface area contributed by atoms with E-state index < -0.39 is 0 Å². The minimum Gasteiger partial charge on any atom is -0.343 e. The van der Waals surface area contributed by atoms with Crippen molar-refractivity contribution in [1.29, 1.82) is 0 Å². The Hall–Kier alpha value is -1.06. The van der Waals surface area contributed by atoms with E-state index in [-0.39, 0.29) is 29.3 Å². The molecular weight excluding hydrogens is 240 g/mol. The van der Waals surface area contributed by atoms with Gasteiger partial charge in [-0.1, -0.05) is 41.0 Å². The molecule has 0 radical (unpaired) electrons. The van der Waals surface area contributed by atoms with Crippen LogP contribution in [-0.4, -0.2) is 35.3 Å². The van der Waals surface area contributed by atoms with Crippen LogP contribution < -0.4 is 5.32 Å². The Balaban J connectivity index is 2.83. The second-order valence-corrected chi connectivity index (χ2v) is 6.62. The van der Waals surface area contributed by atoms with Crippen LogP contribution in [0.15, 0.2) is 0 Å². The van der Waals surface area contributed by atoms with Crippen molar-refractivity contribution in [1.82, 2.24) is 10.2 Å². The van der Waals surface area contributed by atoms with Gasteiger partial charge in [-0.05, 0) is 24.7 Å². The largest absolute Gasteiger partial charge is 0.343 e. The van der Waals surface area contributed by atoms with Gasteiger partial charge in [0, 0.05) is 6.54 Å². The number of nitrogens with one attached hydrogen (secondary N) is 1. The molecule has 1 rings (SSSR count). The summed E-state index contributed by atoms with van der Waals surface area (Å²) in [6.07, 6.45) is 3.24. The Morgan fingerprint density at radius 2 is 1.84 bits per heavy atom. The first kappa shape index (κ1) is 16.0. The van der Waals surface area contributed by atoms with E-state index in [2.05, 4.69) is 26.1 Å². The molecule has 1 N–H and O–H groups in total. The highest BCUT2D eigenvalue weighted by Crippen LogP contribution is 2.23. The first-order valence-electron chi connectivity index (χ1n) is 7.41. The Morgan fingerprint density at radius 1 is 1.21 bits per heavy atom. The summed E-state index contributed by atoms with van der Waals surface area (Å²) in [6.45, 7) is 11.1. The van der Waals surface area contributed by atoms with Crippen molar-refractivity contribution >= 4 is 11.8 Å². The van der Waals surface area contributed by atoms with Crippen molar-refractivity contribution in [3.63, 3.8) is 0 Å². The fourth-order valence-corrected chi connectivity index (χ4v) is 2.38. The lowest BCUT2D eigenvalue weighted by atomic mass is 9.91. The monoisotopic (exact) mass is 268 g/mol. The topological polar surface area (TPSA) is 49.4 Å². The summed E-state index contributed by atoms with van der Waals surface area (Å²) in [5.74, 6) is 0.104. The van der Waals surface area contributed by atoms with Crippen molar-refractivity contribution in [2.24, 2.45) is 5.41 Å². The van der Waals surface area contributed by atoms with Crippen LogP contribution in [0.25, 0.3) is 0 Å². The van der Waals surface area contributed by atoms with E-state index in [9.17, 15) is 9.59 Å². The molecular formula is C15H28N2O2. The van der Waals surface area contributed by atoms with Crippen LogP contribution in [0.1, 0.15) is 60.3 Å². The molecule has 4 heteroatoms. The van der Waals surface area contributed by atoms with Crippen molar-refractivity contribution in [3.05, 3.63) is 0 Å². The van der Waals surface area contributed by atoms with Crippen LogP contribution in [-0.2, 0) is 9.59 Å². The summed E-state index contributed by atoms with van der Waals surface area (Å²) in [6, 6.07) is -0.608. The molecule has 1 saturated heterocycles. The van der Waals surface area contributed by atoms with Crippen LogP contribution in [0.2, 0.25) is 0 Å². The number of carbonyl (C=O) groups excluding carboxylic acids is 2. The van der Waals surface area contributed by atoms with Gasteiger partial charge in [0.15, 0.2) is 0 Å². The molecule has 2 unspecified atom stereocenters. The van der Waals surface area contributed by atoms with Gasteiger partial charge in [0.25, 0.3) is 0 Å². The van der Waals surface area contributed by atoms with Crippen molar-refractivity contribution < 1.29 is 9.59 Å². The Morgan fingerprint density at radius 3 is 2.32 bits per heavy atom. The third-order valence-electron chi connectivity index (χ3n) is 3.65. The number of rotatable bonds is 5. The molecule has 0 saturated carbocycles. The maximum atomic E-state index is 12.4. The summed E-state index contributed by atoms with van der Waals surface area (Å²) in [5, 5.41) is 2.85. The Labute approximate surface area is 116 Å². The van der Waals surface area contributed by atoms with Gasteiger partial charge >= 0.3 is 0 Å². The fourth-order valence-electron chi connectivity index (χ4n) is 2.38. The molecule has 0 aromatic carbocycles. The third-order valence-corrected chi connectivity index (χ3v) is 3.65. The lowest BCUT2D eigenvalue weighted by molar-refractivity contribution is -0.150. The number of amides is 2. The second-order valence-electron chi connectivity index (χ2n) is 6.62. The molecule has 2 atom stereocenters. The predicted molar refractivity (Wildman–Crippen MR) is 76.7 cm³/mol. The van der Waals surface area contributed by atoms with Gasteiger partial charge in [-0.15, -0.1) is 0 Å². The SMILES string of the molecule is CCCC1C(=O)NC(CC)C(=O)N1CCC(C)(C)C. The normalized spacial score (nSPS) is 24.6. The van der Waals surface area contributed by atoms with Gasteiger partial charge in [0.05, 0.1) is 0 Å². The zero-order chi connectivity index (χ0) is 14.6. The van der Waals surface area contributed by atoms with Crippen molar-refractivity contribution in [3.8, 4) is 0 Å². The van der Waals surface area contributed by atoms with E-state index in [4.69, 9.17) is 0 Å². The standard InChI is InChI=1S/C15H28N2O2/c1-6-8-12-13(18)16-11(7-2)14(19)17(12)10-9-15(3,4)5/h11-12H,6-10H2,1-5H3,(H,16,18). The average Bonchev–Trinajstić information content (AvgIpc) is 2.31. The third kappa shape index (κ3) is 4.22. The average molecular weight is 268 g/mol. The zero-order valence-corrected chi connectivity index (χ0v) is 13.0. The van der Waals surface area contributed by atoms with Gasteiger partial charge < -0.3 is 10.2 Å². The fraction of sp³-hybridized carbons (Fsp3) is 0.867. The molecule has 1 aliphatic rings. The summed E-state index contributed by atoms with van der Waals surface area (Å²) >= 11 is 0. The lowest BCUT2D eigenvalue weighted by Crippen LogP contribution is -2.63. The van der Waals surface area contributed by atoms with Gasteiger partial charge in [-0.25, -0.2) is 0 Å². The molecule has 1 heterocycles. The van der Waals surface area contributed by atoms with Crippen molar-refractivity contribution in [2.45, 2.75) is 72.4 Å². The molecule has 1 fully saturated rings. The highest BCUT2D eigenvalue weighted by molar-refractivity contribution is 5.96. The lowest BCUT2D eigenvalue weighted by Gasteiger charge is -2.40. The van der Waals surface area contributed by atoms with Gasteiger partial charge in [0.1, 0.15) is 12.1 Å². The van der Waals surface area contributed by atoms with Crippen molar-refractivity contribution in [2.75, 3.05) is 6.54 Å². The smallest absolute Gasteiger partial charge is 0.245 e. The van der Waals surface area contributed by atoms with Gasteiger partial charge in [-0.2, -0.15) is 0 Å². The summed E-state index contributed by atoms with van der Waals surface area (Å²) < 4.78 is 0. The number of nitrogens with zero attached hydrogens (tertiary/aromatic N) is 1. The van der Waals surface area contributed by atoms with E-state index in [1.807, 2.05) is 18.7 Å². The Bertz CT molecular complexity index is 334. The van der Waals surface area contributed by atoms with E-state index in [1.165, 1.54) is 0 Å². The molecule has 1 aliphatic heterocycles. The van der Waals surface area contributed by atoms with Gasteiger partial charge in [-0.3, -0.25) is 9.59 Å². The highest BCUT2D eigenvalue weighted by Gasteiger charge is 2.39. The quantitative estimate of drug-likeness (QED) is 0.832. The number of hydrogen-bond donors (Lipinski definition) is 1. The maximum absolute atomic E-state index is 12.4. The minimum absolute atomic E-state index is 0.0159. The first-order valence-corrected chi connectivity index (χ1v) is 7.41. The maximum Gasteiger partial charge on any atom is 0.245 e. The van der Waals surface area contributed by atoms with Gasteiger partial charge in [0.2, 0.25) is 11.8 Å². The predicted octanol–water partition coefficient (Wildman–Crippen LogP) is 2.33.